The van der Waals surface area contributed by atoms with Crippen LogP contribution in [-0.4, -0.2) is 49.8 Å². The van der Waals surface area contributed by atoms with Gasteiger partial charge in [-0.1, -0.05) is 59.7 Å². The van der Waals surface area contributed by atoms with Crippen LogP contribution in [0.5, 0.6) is 0 Å². The van der Waals surface area contributed by atoms with E-state index in [2.05, 4.69) is 0 Å². The Morgan fingerprint density at radius 2 is 1.43 bits per heavy atom. The molecule has 28 heavy (non-hydrogen) atoms. The van der Waals surface area contributed by atoms with E-state index in [1.807, 2.05) is 6.92 Å². The van der Waals surface area contributed by atoms with Crippen molar-refractivity contribution in [3.8, 4) is 0 Å². The summed E-state index contributed by atoms with van der Waals surface area (Å²) in [4.78, 5) is 28.3. The van der Waals surface area contributed by atoms with Gasteiger partial charge in [0.1, 0.15) is 9.75 Å². The summed E-state index contributed by atoms with van der Waals surface area (Å²) in [6.45, 7) is 2.27. The summed E-state index contributed by atoms with van der Waals surface area (Å²) in [5, 5.41) is 0.999. The molecule has 0 N–H and O–H groups in total. The molecule has 5 nitrogen and oxygen atoms in total. The van der Waals surface area contributed by atoms with Crippen molar-refractivity contribution in [3.05, 3.63) is 10.1 Å². The standard InChI is InChI=1S/C17H15Cl6NO4/c1-2-3-4-27-24-13(25)5-6(14(24)26)10-8-7(9(5)28-10)15(20)11(18)12(19)16(8,21)17(15,22)23/h5-10H,2-4H2,1H3/t5-,6-,7+,8+,9-,10+,15-,16-/m1/s1. The minimum Gasteiger partial charge on any atom is -0.373 e. The normalized spacial score (nSPS) is 50.2. The number of rotatable bonds is 4. The van der Waals surface area contributed by atoms with Crippen LogP contribution in [0.25, 0.3) is 0 Å². The predicted molar refractivity (Wildman–Crippen MR) is 106 cm³/mol. The summed E-state index contributed by atoms with van der Waals surface area (Å²) in [5.74, 6) is -3.47. The van der Waals surface area contributed by atoms with Gasteiger partial charge >= 0.3 is 0 Å². The number of imide groups is 1. The molecule has 3 heterocycles. The predicted octanol–water partition coefficient (Wildman–Crippen LogP) is 4.18. The molecule has 0 aromatic heterocycles. The summed E-state index contributed by atoms with van der Waals surface area (Å²) in [6.07, 6.45) is 0.197. The number of carbonyl (C=O) groups is 2. The highest BCUT2D eigenvalue weighted by Crippen LogP contribution is 2.81. The first-order valence-corrected chi connectivity index (χ1v) is 11.3. The van der Waals surface area contributed by atoms with Crippen LogP contribution in [0.2, 0.25) is 0 Å². The number of allylic oxidation sites excluding steroid dienone is 2. The maximum absolute atomic E-state index is 13.0. The number of halogens is 6. The van der Waals surface area contributed by atoms with Crippen molar-refractivity contribution in [2.45, 2.75) is 46.1 Å². The second kappa shape index (κ2) is 6.07. The Balaban J connectivity index is 1.55. The molecule has 11 heteroatoms. The molecule has 2 aliphatic carbocycles. The van der Waals surface area contributed by atoms with E-state index in [1.165, 1.54) is 0 Å². The Kier molecular flexibility index (Phi) is 4.43. The van der Waals surface area contributed by atoms with E-state index in [0.717, 1.165) is 17.9 Å². The molecule has 1 saturated carbocycles. The van der Waals surface area contributed by atoms with Crippen LogP contribution in [-0.2, 0) is 19.2 Å². The fraction of sp³-hybridized carbons (Fsp3) is 0.765. The van der Waals surface area contributed by atoms with Crippen LogP contribution in [0.4, 0.5) is 0 Å². The van der Waals surface area contributed by atoms with Crippen LogP contribution >= 0.6 is 69.6 Å². The van der Waals surface area contributed by atoms with Crippen molar-refractivity contribution in [1.29, 1.82) is 0 Å². The van der Waals surface area contributed by atoms with Gasteiger partial charge in [0.15, 0.2) is 4.33 Å². The smallest absolute Gasteiger partial charge is 0.260 e. The van der Waals surface area contributed by atoms with Gasteiger partial charge in [-0.2, -0.15) is 5.06 Å². The zero-order valence-corrected chi connectivity index (χ0v) is 19.0. The van der Waals surface area contributed by atoms with Crippen molar-refractivity contribution in [1.82, 2.24) is 5.06 Å². The Morgan fingerprint density at radius 1 is 0.964 bits per heavy atom. The largest absolute Gasteiger partial charge is 0.373 e. The van der Waals surface area contributed by atoms with Crippen LogP contribution in [0, 0.1) is 23.7 Å². The number of fused-ring (bicyclic) bond motifs is 12. The minimum absolute atomic E-state index is 0.0672. The highest BCUT2D eigenvalue weighted by molar-refractivity contribution is 6.65. The summed E-state index contributed by atoms with van der Waals surface area (Å²) in [5.41, 5.74) is 0. The van der Waals surface area contributed by atoms with Gasteiger partial charge < -0.3 is 4.74 Å². The Bertz CT molecular complexity index is 776. The van der Waals surface area contributed by atoms with Crippen molar-refractivity contribution < 1.29 is 19.2 Å². The number of amides is 2. The summed E-state index contributed by atoms with van der Waals surface area (Å²) in [6, 6.07) is 0. The monoisotopic (exact) mass is 507 g/mol. The molecule has 2 amide bonds. The highest BCUT2D eigenvalue weighted by atomic mass is 35.5. The molecule has 4 bridgehead atoms. The van der Waals surface area contributed by atoms with Crippen LogP contribution in [0.3, 0.4) is 0 Å². The maximum atomic E-state index is 13.0. The van der Waals surface area contributed by atoms with Gasteiger partial charge in [0.25, 0.3) is 11.8 Å². The zero-order chi connectivity index (χ0) is 20.4. The maximum Gasteiger partial charge on any atom is 0.260 e. The number of hydrogen-bond acceptors (Lipinski definition) is 4. The number of alkyl halides is 4. The molecular formula is C17H15Cl6NO4. The van der Waals surface area contributed by atoms with Gasteiger partial charge in [-0.25, -0.2) is 0 Å². The lowest BCUT2D eigenvalue weighted by Crippen LogP contribution is -2.50. The number of unbranched alkanes of at least 4 members (excludes halogenated alkanes) is 1. The number of ether oxygens (including phenoxy) is 1. The first-order chi connectivity index (χ1) is 13.1. The van der Waals surface area contributed by atoms with Crippen molar-refractivity contribution in [2.24, 2.45) is 23.7 Å². The van der Waals surface area contributed by atoms with Gasteiger partial charge in [0.2, 0.25) is 0 Å². The van der Waals surface area contributed by atoms with Gasteiger partial charge in [-0.05, 0) is 6.42 Å². The number of hydrogen-bond donors (Lipinski definition) is 0. The van der Waals surface area contributed by atoms with E-state index in [9.17, 15) is 9.59 Å². The minimum atomic E-state index is -1.71. The first kappa shape index (κ1) is 20.4. The average molecular weight is 510 g/mol. The molecule has 0 aromatic carbocycles. The van der Waals surface area contributed by atoms with E-state index in [1.54, 1.807) is 0 Å². The fourth-order valence-corrected chi connectivity index (χ4v) is 8.76. The SMILES string of the molecule is CCCCON1C(=O)[C@H]2[C@H]3O[C@@H]([C@@H]2C1=O)[C@@H]1[C@@H]3[C@@]2(Cl)C(Cl)=C(Cl)[C@@]1(Cl)C2(Cl)Cl. The molecule has 8 atom stereocenters. The lowest BCUT2D eigenvalue weighted by Gasteiger charge is -2.39. The molecule has 0 unspecified atom stereocenters. The van der Waals surface area contributed by atoms with E-state index in [-0.39, 0.29) is 16.7 Å². The lowest BCUT2D eigenvalue weighted by atomic mass is 9.65. The number of carbonyl (C=O) groups excluding carboxylic acids is 2. The third kappa shape index (κ3) is 1.90. The second-order valence-electron chi connectivity index (χ2n) is 7.95. The van der Waals surface area contributed by atoms with Gasteiger partial charge in [0, 0.05) is 11.8 Å². The third-order valence-electron chi connectivity index (χ3n) is 6.86. The molecule has 5 aliphatic rings. The molecule has 0 spiro atoms. The molecule has 154 valence electrons. The van der Waals surface area contributed by atoms with Gasteiger partial charge in [-0.3, -0.25) is 14.4 Å². The molecule has 3 aliphatic heterocycles. The van der Waals surface area contributed by atoms with E-state index < -0.39 is 61.8 Å². The Hall–Kier alpha value is 0.540. The quantitative estimate of drug-likeness (QED) is 0.324. The zero-order valence-electron chi connectivity index (χ0n) is 14.4. The molecule has 5 rings (SSSR count). The topological polar surface area (TPSA) is 55.8 Å². The van der Waals surface area contributed by atoms with Crippen molar-refractivity contribution >= 4 is 81.4 Å². The second-order valence-corrected chi connectivity index (χ2v) is 11.2. The van der Waals surface area contributed by atoms with E-state index in [4.69, 9.17) is 79.2 Å². The average Bonchev–Trinajstić information content (AvgIpc) is 3.34. The molecule has 0 aromatic rings. The van der Waals surface area contributed by atoms with E-state index >= 15 is 0 Å². The van der Waals surface area contributed by atoms with Gasteiger partial charge in [0.05, 0.1) is 40.7 Å². The Morgan fingerprint density at radius 3 is 1.86 bits per heavy atom. The van der Waals surface area contributed by atoms with Crippen molar-refractivity contribution in [3.63, 3.8) is 0 Å². The third-order valence-corrected chi connectivity index (χ3v) is 11.1. The Labute approximate surface area is 191 Å². The van der Waals surface area contributed by atoms with Crippen LogP contribution in [0.15, 0.2) is 10.1 Å². The van der Waals surface area contributed by atoms with Gasteiger partial charge in [-0.15, -0.1) is 23.2 Å². The lowest BCUT2D eigenvalue weighted by molar-refractivity contribution is -0.192. The number of nitrogens with zero attached hydrogens (tertiary/aromatic N) is 1. The molecule has 4 fully saturated rings. The molecular weight excluding hydrogens is 495 g/mol. The molecule has 3 saturated heterocycles. The van der Waals surface area contributed by atoms with Crippen LogP contribution in [0.1, 0.15) is 19.8 Å². The fourth-order valence-electron chi connectivity index (χ4n) is 5.70. The van der Waals surface area contributed by atoms with Crippen LogP contribution < -0.4 is 0 Å². The first-order valence-electron chi connectivity index (χ1n) is 9.04. The highest BCUT2D eigenvalue weighted by Gasteiger charge is 2.90. The summed E-state index contributed by atoms with van der Waals surface area (Å²) < 4.78 is 4.35. The van der Waals surface area contributed by atoms with Crippen molar-refractivity contribution in [2.75, 3.05) is 6.61 Å². The summed E-state index contributed by atoms with van der Waals surface area (Å²) >= 11 is 39.9. The number of hydroxylamine groups is 2. The van der Waals surface area contributed by atoms with E-state index in [0.29, 0.717) is 0 Å². The summed E-state index contributed by atoms with van der Waals surface area (Å²) in [7, 11) is 0. The molecule has 0 radical (unpaired) electrons.